The van der Waals surface area contributed by atoms with Gasteiger partial charge >= 0.3 is 0 Å². The van der Waals surface area contributed by atoms with Crippen LogP contribution in [-0.2, 0) is 17.8 Å². The van der Waals surface area contributed by atoms with Gasteiger partial charge < -0.3 is 5.32 Å². The van der Waals surface area contributed by atoms with Crippen molar-refractivity contribution < 1.29 is 9.18 Å². The predicted molar refractivity (Wildman–Crippen MR) is 85.5 cm³/mol. The van der Waals surface area contributed by atoms with E-state index in [1.807, 2.05) is 36.5 Å². The van der Waals surface area contributed by atoms with Crippen molar-refractivity contribution in [3.05, 3.63) is 83.9 Å². The van der Waals surface area contributed by atoms with Crippen molar-refractivity contribution in [2.45, 2.75) is 13.0 Å². The third-order valence-corrected chi connectivity index (χ3v) is 3.50. The van der Waals surface area contributed by atoms with E-state index >= 15 is 0 Å². The Hall–Kier alpha value is -2.95. The molecular formula is C18H16FN3O. The molecule has 4 nitrogen and oxygen atoms in total. The molecule has 5 heteroatoms. The summed E-state index contributed by atoms with van der Waals surface area (Å²) in [4.78, 5) is 11.9. The maximum atomic E-state index is 13.5. The van der Waals surface area contributed by atoms with Gasteiger partial charge in [-0.25, -0.2) is 9.07 Å². The van der Waals surface area contributed by atoms with Crippen molar-refractivity contribution in [2.24, 2.45) is 0 Å². The van der Waals surface area contributed by atoms with Crippen LogP contribution in [0, 0.1) is 5.82 Å². The second-order valence-corrected chi connectivity index (χ2v) is 5.16. The van der Waals surface area contributed by atoms with Crippen molar-refractivity contribution in [2.75, 3.05) is 0 Å². The minimum atomic E-state index is -0.355. The van der Waals surface area contributed by atoms with Crippen LogP contribution in [0.25, 0.3) is 5.69 Å². The molecule has 1 amide bonds. The molecule has 3 rings (SSSR count). The van der Waals surface area contributed by atoms with Gasteiger partial charge in [-0.2, -0.15) is 5.10 Å². The molecule has 1 N–H and O–H groups in total. The molecule has 1 aromatic heterocycles. The highest BCUT2D eigenvalue weighted by molar-refractivity contribution is 5.78. The molecule has 0 radical (unpaired) electrons. The average molecular weight is 309 g/mol. The number of nitrogens with zero attached hydrogens (tertiary/aromatic N) is 2. The lowest BCUT2D eigenvalue weighted by Crippen LogP contribution is -2.24. The summed E-state index contributed by atoms with van der Waals surface area (Å²) >= 11 is 0. The molecule has 0 unspecified atom stereocenters. The molecule has 0 saturated heterocycles. The molecule has 0 spiro atoms. The maximum Gasteiger partial charge on any atom is 0.224 e. The number of aromatic nitrogens is 2. The number of hydrogen-bond donors (Lipinski definition) is 1. The lowest BCUT2D eigenvalue weighted by molar-refractivity contribution is -0.120. The van der Waals surface area contributed by atoms with E-state index in [0.29, 0.717) is 12.1 Å². The van der Waals surface area contributed by atoms with Crippen molar-refractivity contribution in [1.29, 1.82) is 0 Å². The van der Waals surface area contributed by atoms with Gasteiger partial charge in [-0.05, 0) is 35.4 Å². The molecule has 0 aliphatic carbocycles. The van der Waals surface area contributed by atoms with Gasteiger partial charge in [-0.1, -0.05) is 30.3 Å². The van der Waals surface area contributed by atoms with E-state index in [0.717, 1.165) is 11.3 Å². The van der Waals surface area contributed by atoms with E-state index in [1.54, 1.807) is 29.1 Å². The SMILES string of the molecule is O=C(Cc1ccccc1F)NCc1ccc(-n2cccn2)cc1. The average Bonchev–Trinajstić information content (AvgIpc) is 3.10. The highest BCUT2D eigenvalue weighted by Gasteiger charge is 2.07. The van der Waals surface area contributed by atoms with Gasteiger partial charge in [0.1, 0.15) is 5.82 Å². The minimum absolute atomic E-state index is 0.0397. The second-order valence-electron chi connectivity index (χ2n) is 5.16. The van der Waals surface area contributed by atoms with Crippen molar-refractivity contribution in [1.82, 2.24) is 15.1 Å². The monoisotopic (exact) mass is 309 g/mol. The molecule has 1 heterocycles. The molecule has 0 atom stereocenters. The van der Waals surface area contributed by atoms with E-state index in [9.17, 15) is 9.18 Å². The van der Waals surface area contributed by atoms with Gasteiger partial charge in [-0.3, -0.25) is 4.79 Å². The summed E-state index contributed by atoms with van der Waals surface area (Å²) in [6, 6.07) is 15.9. The number of benzene rings is 2. The number of rotatable bonds is 5. The van der Waals surface area contributed by atoms with Crippen LogP contribution >= 0.6 is 0 Å². The molecule has 116 valence electrons. The quantitative estimate of drug-likeness (QED) is 0.788. The number of halogens is 1. The smallest absolute Gasteiger partial charge is 0.224 e. The summed E-state index contributed by atoms with van der Waals surface area (Å²) in [7, 11) is 0. The van der Waals surface area contributed by atoms with E-state index in [-0.39, 0.29) is 18.1 Å². The Morgan fingerprint density at radius 3 is 2.57 bits per heavy atom. The van der Waals surface area contributed by atoms with Gasteiger partial charge in [0, 0.05) is 18.9 Å². The molecule has 0 bridgehead atoms. The lowest BCUT2D eigenvalue weighted by atomic mass is 10.1. The van der Waals surface area contributed by atoms with Crippen molar-refractivity contribution in [3.63, 3.8) is 0 Å². The summed E-state index contributed by atoms with van der Waals surface area (Å²) < 4.78 is 15.3. The van der Waals surface area contributed by atoms with Crippen LogP contribution in [0.1, 0.15) is 11.1 Å². The number of hydrogen-bond acceptors (Lipinski definition) is 2. The van der Waals surface area contributed by atoms with Gasteiger partial charge in [0.05, 0.1) is 12.1 Å². The van der Waals surface area contributed by atoms with Crippen LogP contribution in [-0.4, -0.2) is 15.7 Å². The Labute approximate surface area is 133 Å². The summed E-state index contributed by atoms with van der Waals surface area (Å²) in [5.41, 5.74) is 2.33. The van der Waals surface area contributed by atoms with E-state index in [1.165, 1.54) is 6.07 Å². The Morgan fingerprint density at radius 2 is 1.87 bits per heavy atom. The standard InChI is InChI=1S/C18H16FN3O/c19-17-5-2-1-4-15(17)12-18(23)20-13-14-6-8-16(9-7-14)22-11-3-10-21-22/h1-11H,12-13H2,(H,20,23). The number of nitrogens with one attached hydrogen (secondary N) is 1. The predicted octanol–water partition coefficient (Wildman–Crippen LogP) is 2.87. The zero-order valence-corrected chi connectivity index (χ0v) is 12.4. The number of amides is 1. The summed E-state index contributed by atoms with van der Waals surface area (Å²) in [5, 5.41) is 6.96. The minimum Gasteiger partial charge on any atom is -0.352 e. The van der Waals surface area contributed by atoms with Crippen LogP contribution in [0.4, 0.5) is 4.39 Å². The van der Waals surface area contributed by atoms with Crippen LogP contribution < -0.4 is 5.32 Å². The highest BCUT2D eigenvalue weighted by Crippen LogP contribution is 2.09. The summed E-state index contributed by atoms with van der Waals surface area (Å²) in [6.07, 6.45) is 3.63. The summed E-state index contributed by atoms with van der Waals surface area (Å²) in [6.45, 7) is 0.409. The van der Waals surface area contributed by atoms with E-state index < -0.39 is 0 Å². The van der Waals surface area contributed by atoms with Gasteiger partial charge in [0.15, 0.2) is 0 Å². The fraction of sp³-hybridized carbons (Fsp3) is 0.111. The largest absolute Gasteiger partial charge is 0.352 e. The van der Waals surface area contributed by atoms with Gasteiger partial charge in [0.25, 0.3) is 0 Å². The molecule has 0 saturated carbocycles. The Balaban J connectivity index is 1.56. The highest BCUT2D eigenvalue weighted by atomic mass is 19.1. The topological polar surface area (TPSA) is 46.9 Å². The van der Waals surface area contributed by atoms with Crippen LogP contribution in [0.5, 0.6) is 0 Å². The zero-order chi connectivity index (χ0) is 16.1. The Morgan fingerprint density at radius 1 is 1.09 bits per heavy atom. The van der Waals surface area contributed by atoms with Gasteiger partial charge in [0.2, 0.25) is 5.91 Å². The number of carbonyl (C=O) groups excluding carboxylic acids is 1. The molecular weight excluding hydrogens is 293 g/mol. The fourth-order valence-corrected chi connectivity index (χ4v) is 2.27. The maximum absolute atomic E-state index is 13.5. The van der Waals surface area contributed by atoms with Gasteiger partial charge in [-0.15, -0.1) is 0 Å². The Kier molecular flexibility index (Phi) is 4.47. The number of carbonyl (C=O) groups is 1. The summed E-state index contributed by atoms with van der Waals surface area (Å²) in [5.74, 6) is -0.558. The Bertz CT molecular complexity index is 782. The van der Waals surface area contributed by atoms with Crippen molar-refractivity contribution in [3.8, 4) is 5.69 Å². The lowest BCUT2D eigenvalue weighted by Gasteiger charge is -2.07. The normalized spacial score (nSPS) is 10.5. The molecule has 23 heavy (non-hydrogen) atoms. The third-order valence-electron chi connectivity index (χ3n) is 3.50. The molecule has 2 aromatic carbocycles. The van der Waals surface area contributed by atoms with E-state index in [2.05, 4.69) is 10.4 Å². The molecule has 0 aliphatic rings. The van der Waals surface area contributed by atoms with Crippen LogP contribution in [0.15, 0.2) is 67.0 Å². The third kappa shape index (κ3) is 3.83. The first-order valence-electron chi connectivity index (χ1n) is 7.31. The zero-order valence-electron chi connectivity index (χ0n) is 12.4. The molecule has 0 aliphatic heterocycles. The fourth-order valence-electron chi connectivity index (χ4n) is 2.27. The van der Waals surface area contributed by atoms with E-state index in [4.69, 9.17) is 0 Å². The first-order valence-corrected chi connectivity index (χ1v) is 7.31. The van der Waals surface area contributed by atoms with Crippen LogP contribution in [0.2, 0.25) is 0 Å². The van der Waals surface area contributed by atoms with Crippen LogP contribution in [0.3, 0.4) is 0 Å². The first-order chi connectivity index (χ1) is 11.2. The first kappa shape index (κ1) is 15.0. The molecule has 0 fully saturated rings. The second kappa shape index (κ2) is 6.87. The molecule has 3 aromatic rings. The van der Waals surface area contributed by atoms with Crippen molar-refractivity contribution >= 4 is 5.91 Å².